The third kappa shape index (κ3) is 2.49. The zero-order valence-electron chi connectivity index (χ0n) is 8.84. The molecule has 0 unspecified atom stereocenters. The zero-order valence-corrected chi connectivity index (χ0v) is 10.4. The third-order valence-electron chi connectivity index (χ3n) is 2.29. The highest BCUT2D eigenvalue weighted by molar-refractivity contribution is 9.10. The lowest BCUT2D eigenvalue weighted by molar-refractivity contribution is 0.326. The second-order valence-electron chi connectivity index (χ2n) is 4.62. The predicted octanol–water partition coefficient (Wildman–Crippen LogP) is 3.08. The molecule has 0 aliphatic heterocycles. The van der Waals surface area contributed by atoms with Crippen molar-refractivity contribution in [1.29, 1.82) is 0 Å². The number of hydrogen-bond acceptors (Lipinski definition) is 2. The van der Waals surface area contributed by atoms with E-state index < -0.39 is 0 Å². The van der Waals surface area contributed by atoms with E-state index in [1.54, 1.807) is 0 Å². The molecule has 4 N–H and O–H groups in total. The quantitative estimate of drug-likeness (QED) is 0.759. The molecule has 0 radical (unpaired) electrons. The van der Waals surface area contributed by atoms with Gasteiger partial charge in [0.15, 0.2) is 0 Å². The van der Waals surface area contributed by atoms with Crippen LogP contribution in [0, 0.1) is 5.41 Å². The summed E-state index contributed by atoms with van der Waals surface area (Å²) in [7, 11) is 0. The number of anilines is 1. The molecule has 1 rings (SSSR count). The van der Waals surface area contributed by atoms with Gasteiger partial charge in [0, 0.05) is 16.2 Å². The molecule has 3 heteroatoms. The van der Waals surface area contributed by atoms with E-state index >= 15 is 0 Å². The molecule has 2 nitrogen and oxygen atoms in total. The summed E-state index contributed by atoms with van der Waals surface area (Å²) in [5, 5.41) is 0. The summed E-state index contributed by atoms with van der Waals surface area (Å²) in [4.78, 5) is 0. The normalized spacial score (nSPS) is 14.1. The zero-order chi connectivity index (χ0) is 10.9. The van der Waals surface area contributed by atoms with Crippen LogP contribution in [0.25, 0.3) is 0 Å². The molecular formula is C11H17BrN2. The molecule has 0 spiro atoms. The third-order valence-corrected chi connectivity index (χ3v) is 2.98. The topological polar surface area (TPSA) is 52.0 Å². The second kappa shape index (κ2) is 3.91. The van der Waals surface area contributed by atoms with E-state index in [1.165, 1.54) is 0 Å². The maximum atomic E-state index is 6.15. The van der Waals surface area contributed by atoms with Crippen molar-refractivity contribution in [2.75, 3.05) is 5.73 Å². The van der Waals surface area contributed by atoms with Gasteiger partial charge < -0.3 is 11.5 Å². The first-order valence-electron chi connectivity index (χ1n) is 4.63. The number of nitrogen functional groups attached to an aromatic ring is 1. The average molecular weight is 257 g/mol. The van der Waals surface area contributed by atoms with Gasteiger partial charge >= 0.3 is 0 Å². The fraction of sp³-hybridized carbons (Fsp3) is 0.455. The first kappa shape index (κ1) is 11.5. The Morgan fingerprint density at radius 2 is 1.86 bits per heavy atom. The molecule has 0 saturated carbocycles. The number of nitrogens with two attached hydrogens (primary N) is 2. The van der Waals surface area contributed by atoms with Gasteiger partial charge in [-0.25, -0.2) is 0 Å². The van der Waals surface area contributed by atoms with E-state index in [2.05, 4.69) is 36.7 Å². The highest BCUT2D eigenvalue weighted by atomic mass is 79.9. The smallest absolute Gasteiger partial charge is 0.0355 e. The van der Waals surface area contributed by atoms with Gasteiger partial charge in [-0.3, -0.25) is 0 Å². The minimum atomic E-state index is 0.0116. The Morgan fingerprint density at radius 3 is 2.29 bits per heavy atom. The Kier molecular flexibility index (Phi) is 3.22. The molecule has 0 aliphatic carbocycles. The molecule has 0 bridgehead atoms. The number of hydrogen-bond donors (Lipinski definition) is 2. The maximum absolute atomic E-state index is 6.15. The van der Waals surface area contributed by atoms with Gasteiger partial charge in [-0.15, -0.1) is 0 Å². The Bertz CT molecular complexity index is 329. The van der Waals surface area contributed by atoms with E-state index in [0.717, 1.165) is 15.7 Å². The molecule has 1 atom stereocenters. The number of benzene rings is 1. The summed E-state index contributed by atoms with van der Waals surface area (Å²) in [6.45, 7) is 6.38. The summed E-state index contributed by atoms with van der Waals surface area (Å²) in [5.74, 6) is 0. The Balaban J connectivity index is 3.08. The molecule has 1 aromatic rings. The minimum absolute atomic E-state index is 0.0116. The molecule has 0 amide bonds. The van der Waals surface area contributed by atoms with Crippen molar-refractivity contribution >= 4 is 21.6 Å². The summed E-state index contributed by atoms with van der Waals surface area (Å²) in [6.07, 6.45) is 0. The van der Waals surface area contributed by atoms with Crippen molar-refractivity contribution in [3.63, 3.8) is 0 Å². The van der Waals surface area contributed by atoms with Gasteiger partial charge in [0.2, 0.25) is 0 Å². The Hall–Kier alpha value is -0.540. The van der Waals surface area contributed by atoms with Gasteiger partial charge in [0.05, 0.1) is 0 Å². The van der Waals surface area contributed by atoms with Crippen molar-refractivity contribution in [2.24, 2.45) is 11.1 Å². The Labute approximate surface area is 93.8 Å². The lowest BCUT2D eigenvalue weighted by atomic mass is 9.83. The minimum Gasteiger partial charge on any atom is -0.399 e. The van der Waals surface area contributed by atoms with Crippen molar-refractivity contribution in [3.05, 3.63) is 28.2 Å². The van der Waals surface area contributed by atoms with Gasteiger partial charge in [0.25, 0.3) is 0 Å². The van der Waals surface area contributed by atoms with Crippen molar-refractivity contribution in [2.45, 2.75) is 26.8 Å². The lowest BCUT2D eigenvalue weighted by Gasteiger charge is -2.28. The van der Waals surface area contributed by atoms with Crippen LogP contribution in [0.15, 0.2) is 22.7 Å². The summed E-state index contributed by atoms with van der Waals surface area (Å²) in [6, 6.07) is 5.76. The molecule has 0 aliphatic rings. The van der Waals surface area contributed by atoms with Crippen LogP contribution in [0.4, 0.5) is 5.69 Å². The van der Waals surface area contributed by atoms with Gasteiger partial charge in [-0.2, -0.15) is 0 Å². The largest absolute Gasteiger partial charge is 0.399 e. The molecule has 0 saturated heterocycles. The summed E-state index contributed by atoms with van der Waals surface area (Å²) in [5.41, 5.74) is 13.7. The summed E-state index contributed by atoms with van der Waals surface area (Å²) >= 11 is 3.48. The fourth-order valence-corrected chi connectivity index (χ4v) is 1.91. The van der Waals surface area contributed by atoms with Crippen LogP contribution in [-0.4, -0.2) is 0 Å². The van der Waals surface area contributed by atoms with Gasteiger partial charge in [-0.05, 0) is 23.1 Å². The van der Waals surface area contributed by atoms with Crippen molar-refractivity contribution in [3.8, 4) is 0 Å². The van der Waals surface area contributed by atoms with Crippen LogP contribution in [-0.2, 0) is 0 Å². The molecule has 14 heavy (non-hydrogen) atoms. The fourth-order valence-electron chi connectivity index (χ4n) is 1.26. The number of rotatable bonds is 1. The maximum Gasteiger partial charge on any atom is 0.0355 e. The van der Waals surface area contributed by atoms with E-state index in [-0.39, 0.29) is 11.5 Å². The molecular weight excluding hydrogens is 240 g/mol. The van der Waals surface area contributed by atoms with Crippen LogP contribution < -0.4 is 11.5 Å². The first-order valence-corrected chi connectivity index (χ1v) is 5.42. The predicted molar refractivity (Wildman–Crippen MR) is 64.9 cm³/mol. The van der Waals surface area contributed by atoms with Gasteiger partial charge in [-0.1, -0.05) is 42.8 Å². The van der Waals surface area contributed by atoms with Crippen LogP contribution in [0.5, 0.6) is 0 Å². The van der Waals surface area contributed by atoms with E-state index in [4.69, 9.17) is 11.5 Å². The SMILES string of the molecule is CC(C)(C)[C@@H](N)c1ccc(N)cc1Br. The summed E-state index contributed by atoms with van der Waals surface area (Å²) < 4.78 is 0.986. The van der Waals surface area contributed by atoms with Crippen LogP contribution >= 0.6 is 15.9 Å². The molecule has 1 aromatic carbocycles. The van der Waals surface area contributed by atoms with Crippen LogP contribution in [0.3, 0.4) is 0 Å². The monoisotopic (exact) mass is 256 g/mol. The standard InChI is InChI=1S/C11H17BrN2/c1-11(2,3)10(14)8-5-4-7(13)6-9(8)12/h4-6,10H,13-14H2,1-3H3/t10-/m0/s1. The molecule has 0 heterocycles. The molecule has 0 aromatic heterocycles. The number of halogens is 1. The van der Waals surface area contributed by atoms with Crippen LogP contribution in [0.2, 0.25) is 0 Å². The highest BCUT2D eigenvalue weighted by Crippen LogP contribution is 2.34. The Morgan fingerprint density at radius 1 is 1.29 bits per heavy atom. The van der Waals surface area contributed by atoms with E-state index in [1.807, 2.05) is 18.2 Å². The molecule has 78 valence electrons. The highest BCUT2D eigenvalue weighted by Gasteiger charge is 2.23. The molecule has 0 fully saturated rings. The van der Waals surface area contributed by atoms with E-state index in [0.29, 0.717) is 0 Å². The second-order valence-corrected chi connectivity index (χ2v) is 5.48. The van der Waals surface area contributed by atoms with Crippen molar-refractivity contribution in [1.82, 2.24) is 0 Å². The van der Waals surface area contributed by atoms with Crippen LogP contribution in [0.1, 0.15) is 32.4 Å². The first-order chi connectivity index (χ1) is 6.32. The lowest BCUT2D eigenvalue weighted by Crippen LogP contribution is -2.26. The van der Waals surface area contributed by atoms with E-state index in [9.17, 15) is 0 Å². The average Bonchev–Trinajstić information content (AvgIpc) is 2.01. The van der Waals surface area contributed by atoms with Gasteiger partial charge in [0.1, 0.15) is 0 Å². The van der Waals surface area contributed by atoms with Crippen molar-refractivity contribution < 1.29 is 0 Å².